The highest BCUT2D eigenvalue weighted by atomic mass is 16.7. The molecule has 3 aliphatic rings. The Morgan fingerprint density at radius 1 is 1.09 bits per heavy atom. The summed E-state index contributed by atoms with van der Waals surface area (Å²) >= 11 is 0. The second kappa shape index (κ2) is 12.8. The molecular weight excluding hydrogens is 416 g/mol. The van der Waals surface area contributed by atoms with Gasteiger partial charge < -0.3 is 24.1 Å². The average molecular weight is 457 g/mol. The fourth-order valence-electron chi connectivity index (χ4n) is 5.43. The molecule has 1 N–H and O–H groups in total. The van der Waals surface area contributed by atoms with Gasteiger partial charge in [-0.1, -0.05) is 61.6 Å². The summed E-state index contributed by atoms with van der Waals surface area (Å²) in [6.45, 7) is 4.04. The van der Waals surface area contributed by atoms with Gasteiger partial charge in [0.1, 0.15) is 0 Å². The number of aliphatic hydroxyl groups is 1. The first kappa shape index (κ1) is 24.6. The van der Waals surface area contributed by atoms with E-state index in [1.807, 2.05) is 0 Å². The zero-order valence-electron chi connectivity index (χ0n) is 19.9. The molecule has 0 aliphatic carbocycles. The minimum absolute atomic E-state index is 0.0299. The molecule has 0 saturated carbocycles. The Kier molecular flexibility index (Phi) is 9.56. The summed E-state index contributed by atoms with van der Waals surface area (Å²) in [4.78, 5) is 0. The van der Waals surface area contributed by atoms with Gasteiger partial charge in [-0.05, 0) is 50.0 Å². The van der Waals surface area contributed by atoms with Crippen LogP contribution in [0.5, 0.6) is 0 Å². The normalized spacial score (nSPS) is 31.5. The molecule has 0 spiro atoms. The van der Waals surface area contributed by atoms with E-state index in [4.69, 9.17) is 24.1 Å². The molecule has 1 aromatic carbocycles. The van der Waals surface area contributed by atoms with E-state index in [0.717, 1.165) is 45.1 Å². The Balaban J connectivity index is 1.43. The van der Waals surface area contributed by atoms with Crippen LogP contribution < -0.4 is 0 Å². The molecular formula is C28H40O5. The number of benzene rings is 1. The van der Waals surface area contributed by atoms with Crippen molar-refractivity contribution in [3.63, 3.8) is 0 Å². The van der Waals surface area contributed by atoms with Gasteiger partial charge in [0, 0.05) is 18.4 Å². The molecule has 0 radical (unpaired) electrons. The highest BCUT2D eigenvalue weighted by Gasteiger charge is 2.47. The Morgan fingerprint density at radius 3 is 2.73 bits per heavy atom. The van der Waals surface area contributed by atoms with Crippen LogP contribution in [0.3, 0.4) is 0 Å². The zero-order chi connectivity index (χ0) is 22.9. The maximum atomic E-state index is 8.83. The molecule has 1 aromatic rings. The smallest absolute Gasteiger partial charge is 0.158 e. The van der Waals surface area contributed by atoms with E-state index in [0.29, 0.717) is 37.3 Å². The van der Waals surface area contributed by atoms with Crippen LogP contribution in [-0.2, 0) is 18.9 Å². The Labute approximate surface area is 198 Å². The molecule has 4 rings (SSSR count). The van der Waals surface area contributed by atoms with Crippen molar-refractivity contribution < 1.29 is 24.1 Å². The lowest BCUT2D eigenvalue weighted by Gasteiger charge is -2.30. The predicted molar refractivity (Wildman–Crippen MR) is 129 cm³/mol. The third-order valence-corrected chi connectivity index (χ3v) is 7.30. The maximum Gasteiger partial charge on any atom is 0.158 e. The van der Waals surface area contributed by atoms with Crippen LogP contribution in [0.2, 0.25) is 0 Å². The van der Waals surface area contributed by atoms with Crippen LogP contribution in [0, 0.1) is 11.8 Å². The van der Waals surface area contributed by atoms with Gasteiger partial charge in [-0.15, -0.1) is 0 Å². The lowest BCUT2D eigenvalue weighted by atomic mass is 9.77. The van der Waals surface area contributed by atoms with Gasteiger partial charge in [0.2, 0.25) is 0 Å². The highest BCUT2D eigenvalue weighted by molar-refractivity contribution is 5.22. The van der Waals surface area contributed by atoms with Crippen LogP contribution in [0.15, 0.2) is 54.6 Å². The van der Waals surface area contributed by atoms with Gasteiger partial charge in [0.25, 0.3) is 0 Å². The Bertz CT molecular complexity index is 742. The largest absolute Gasteiger partial charge is 0.394 e. The molecule has 3 saturated heterocycles. The van der Waals surface area contributed by atoms with Gasteiger partial charge >= 0.3 is 0 Å². The summed E-state index contributed by atoms with van der Waals surface area (Å²) < 4.78 is 24.1. The first-order valence-corrected chi connectivity index (χ1v) is 12.8. The zero-order valence-corrected chi connectivity index (χ0v) is 19.9. The van der Waals surface area contributed by atoms with Crippen LogP contribution >= 0.6 is 0 Å². The van der Waals surface area contributed by atoms with Crippen molar-refractivity contribution in [3.8, 4) is 0 Å². The van der Waals surface area contributed by atoms with E-state index in [-0.39, 0.29) is 24.9 Å². The van der Waals surface area contributed by atoms with Crippen molar-refractivity contribution >= 4 is 0 Å². The van der Waals surface area contributed by atoms with Crippen molar-refractivity contribution in [3.05, 3.63) is 60.2 Å². The number of hydrogen-bond acceptors (Lipinski definition) is 5. The minimum atomic E-state index is -0.117. The summed E-state index contributed by atoms with van der Waals surface area (Å²) in [7, 11) is 0. The van der Waals surface area contributed by atoms with Crippen LogP contribution in [-0.4, -0.2) is 56.1 Å². The highest BCUT2D eigenvalue weighted by Crippen LogP contribution is 2.46. The summed E-state index contributed by atoms with van der Waals surface area (Å²) in [5.74, 6) is 1.15. The average Bonchev–Trinajstić information content (AvgIpc) is 3.47. The summed E-state index contributed by atoms with van der Waals surface area (Å²) in [6, 6.07) is 10.6. The summed E-state index contributed by atoms with van der Waals surface area (Å²) in [5.41, 5.74) is 1.29. The first-order valence-electron chi connectivity index (χ1n) is 12.8. The van der Waals surface area contributed by atoms with E-state index >= 15 is 0 Å². The van der Waals surface area contributed by atoms with Gasteiger partial charge in [-0.25, -0.2) is 0 Å². The number of rotatable bonds is 12. The van der Waals surface area contributed by atoms with E-state index in [2.05, 4.69) is 61.6 Å². The van der Waals surface area contributed by atoms with E-state index in [1.165, 1.54) is 5.56 Å². The lowest BCUT2D eigenvalue weighted by Crippen LogP contribution is -2.30. The quantitative estimate of drug-likeness (QED) is 0.354. The third-order valence-electron chi connectivity index (χ3n) is 7.30. The Hall–Kier alpha value is -1.50. The second-order valence-electron chi connectivity index (χ2n) is 9.52. The van der Waals surface area contributed by atoms with Crippen molar-refractivity contribution in [1.82, 2.24) is 0 Å². The summed E-state index contributed by atoms with van der Waals surface area (Å²) in [5, 5.41) is 8.83. The molecule has 3 heterocycles. The SMILES string of the molecule is CC(c1ccccc1)C(C=C[C@H]1[C@@H](C/C=C/COCCO)[C@H]2CC[C@@H]1O2)OC1CCCCO1. The molecule has 33 heavy (non-hydrogen) atoms. The van der Waals surface area contributed by atoms with Gasteiger partial charge in [-0.3, -0.25) is 0 Å². The monoisotopic (exact) mass is 456 g/mol. The first-order chi connectivity index (χ1) is 16.3. The number of fused-ring (bicyclic) bond motifs is 2. The minimum Gasteiger partial charge on any atom is -0.394 e. The molecule has 5 heteroatoms. The van der Waals surface area contributed by atoms with Crippen molar-refractivity contribution in [2.75, 3.05) is 26.4 Å². The molecule has 3 aliphatic heterocycles. The van der Waals surface area contributed by atoms with E-state index in [1.54, 1.807) is 0 Å². The number of aliphatic hydroxyl groups excluding tert-OH is 1. The molecule has 182 valence electrons. The van der Waals surface area contributed by atoms with Crippen molar-refractivity contribution in [2.45, 2.75) is 76.0 Å². The van der Waals surface area contributed by atoms with E-state index in [9.17, 15) is 0 Å². The lowest BCUT2D eigenvalue weighted by molar-refractivity contribution is -0.181. The van der Waals surface area contributed by atoms with Crippen LogP contribution in [0.1, 0.15) is 56.9 Å². The molecule has 7 atom stereocenters. The van der Waals surface area contributed by atoms with Crippen LogP contribution in [0.4, 0.5) is 0 Å². The van der Waals surface area contributed by atoms with Gasteiger partial charge in [-0.2, -0.15) is 0 Å². The predicted octanol–water partition coefficient (Wildman–Crippen LogP) is 5.01. The van der Waals surface area contributed by atoms with Crippen LogP contribution in [0.25, 0.3) is 0 Å². The molecule has 3 fully saturated rings. The third kappa shape index (κ3) is 6.77. The summed E-state index contributed by atoms with van der Waals surface area (Å²) in [6.07, 6.45) is 16.0. The van der Waals surface area contributed by atoms with Crippen molar-refractivity contribution in [2.24, 2.45) is 11.8 Å². The second-order valence-corrected chi connectivity index (χ2v) is 9.52. The molecule has 0 amide bonds. The van der Waals surface area contributed by atoms with Crippen molar-refractivity contribution in [1.29, 1.82) is 0 Å². The fraction of sp³-hybridized carbons (Fsp3) is 0.643. The fourth-order valence-corrected chi connectivity index (χ4v) is 5.43. The van der Waals surface area contributed by atoms with E-state index < -0.39 is 0 Å². The van der Waals surface area contributed by atoms with Gasteiger partial charge in [0.05, 0.1) is 38.1 Å². The number of ether oxygens (including phenoxy) is 4. The molecule has 2 bridgehead atoms. The number of allylic oxidation sites excluding steroid dienone is 1. The number of hydrogen-bond donors (Lipinski definition) is 1. The Morgan fingerprint density at radius 2 is 1.94 bits per heavy atom. The molecule has 5 nitrogen and oxygen atoms in total. The maximum absolute atomic E-state index is 8.83. The topological polar surface area (TPSA) is 57.2 Å². The van der Waals surface area contributed by atoms with Gasteiger partial charge in [0.15, 0.2) is 6.29 Å². The molecule has 0 aromatic heterocycles. The molecule has 3 unspecified atom stereocenters. The standard InChI is InChI=1S/C28H40O5/c1-21(22-9-3-2-4-10-22)25(33-28-12-6-8-19-31-28)14-13-24-23(26-15-16-27(24)32-26)11-5-7-18-30-20-17-29/h2-5,7,9-10,13-14,21,23-29H,6,8,11-12,15-20H2,1H3/b7-5+,14-13?/t21?,23-,24+,25?,26-,27+,28?/m1/s1.